The molecule has 0 saturated carbocycles. The lowest BCUT2D eigenvalue weighted by Crippen LogP contribution is -1.96. The average molecular weight is 394 g/mol. The molecule has 3 aromatic carbocycles. The minimum Gasteiger partial charge on any atom is -0.493 e. The van der Waals surface area contributed by atoms with E-state index in [1.165, 1.54) is 0 Å². The van der Waals surface area contributed by atoms with Crippen molar-refractivity contribution in [2.24, 2.45) is 4.99 Å². The largest absolute Gasteiger partial charge is 0.493 e. The smallest absolute Gasteiger partial charge is 0.231 e. The number of aromatic amines is 1. The molecular formula is C25H18N2O3. The van der Waals surface area contributed by atoms with Crippen LogP contribution in [0.4, 0.5) is 5.69 Å². The van der Waals surface area contributed by atoms with E-state index in [1.54, 1.807) is 7.11 Å². The summed E-state index contributed by atoms with van der Waals surface area (Å²) < 4.78 is 16.9. The Morgan fingerprint density at radius 1 is 1.03 bits per heavy atom. The second-order valence-electron chi connectivity index (χ2n) is 7.22. The second-order valence-corrected chi connectivity index (χ2v) is 7.22. The lowest BCUT2D eigenvalue weighted by molar-refractivity contribution is 0.171. The molecule has 4 aromatic rings. The number of ether oxygens (including phenoxy) is 3. The van der Waals surface area contributed by atoms with E-state index in [4.69, 9.17) is 14.2 Å². The molecule has 0 amide bonds. The SMILES string of the molecule is COc1cc(C(=C2C=Nc3ccccc32)c2c[nH]c3ccccc23)cc2c1OCO2. The fourth-order valence-electron chi connectivity index (χ4n) is 4.23. The summed E-state index contributed by atoms with van der Waals surface area (Å²) in [5.74, 6) is 1.98. The van der Waals surface area contributed by atoms with Crippen LogP contribution in [0.25, 0.3) is 22.0 Å². The summed E-state index contributed by atoms with van der Waals surface area (Å²) >= 11 is 0. The zero-order chi connectivity index (χ0) is 20.1. The Hall–Kier alpha value is -3.99. The molecular weight excluding hydrogens is 376 g/mol. The number of aliphatic imine (C=N–C) groups is 1. The molecule has 0 aliphatic carbocycles. The Kier molecular flexibility index (Phi) is 3.68. The maximum absolute atomic E-state index is 5.70. The van der Waals surface area contributed by atoms with Gasteiger partial charge in [0, 0.05) is 45.6 Å². The summed E-state index contributed by atoms with van der Waals surface area (Å²) in [4.78, 5) is 8.05. The van der Waals surface area contributed by atoms with E-state index in [9.17, 15) is 0 Å². The highest BCUT2D eigenvalue weighted by Gasteiger charge is 2.25. The molecule has 0 fully saturated rings. The predicted molar refractivity (Wildman–Crippen MR) is 118 cm³/mol. The van der Waals surface area contributed by atoms with E-state index in [0.29, 0.717) is 17.2 Å². The van der Waals surface area contributed by atoms with Crippen LogP contribution in [0.5, 0.6) is 17.2 Å². The van der Waals surface area contributed by atoms with Gasteiger partial charge in [0.05, 0.1) is 12.8 Å². The van der Waals surface area contributed by atoms with Crippen molar-refractivity contribution >= 4 is 34.0 Å². The molecule has 0 radical (unpaired) electrons. The van der Waals surface area contributed by atoms with Gasteiger partial charge in [0.2, 0.25) is 12.5 Å². The number of nitrogens with one attached hydrogen (secondary N) is 1. The third kappa shape index (κ3) is 2.45. The number of hydrogen-bond donors (Lipinski definition) is 1. The lowest BCUT2D eigenvalue weighted by Gasteiger charge is -2.14. The van der Waals surface area contributed by atoms with Gasteiger partial charge >= 0.3 is 0 Å². The summed E-state index contributed by atoms with van der Waals surface area (Å²) in [6.45, 7) is 0.193. The van der Waals surface area contributed by atoms with Crippen molar-refractivity contribution in [3.8, 4) is 17.2 Å². The third-order valence-corrected chi connectivity index (χ3v) is 5.60. The predicted octanol–water partition coefficient (Wildman–Crippen LogP) is 5.58. The Labute approximate surface area is 173 Å². The van der Waals surface area contributed by atoms with Crippen molar-refractivity contribution in [2.75, 3.05) is 13.9 Å². The van der Waals surface area contributed by atoms with Gasteiger partial charge in [-0.1, -0.05) is 36.4 Å². The van der Waals surface area contributed by atoms with Crippen LogP contribution < -0.4 is 14.2 Å². The molecule has 1 aromatic heterocycles. The van der Waals surface area contributed by atoms with Crippen LogP contribution in [0.1, 0.15) is 16.7 Å². The first kappa shape index (κ1) is 16.9. The third-order valence-electron chi connectivity index (χ3n) is 5.60. The van der Waals surface area contributed by atoms with Crippen LogP contribution in [0.15, 0.2) is 71.9 Å². The molecule has 0 spiro atoms. The van der Waals surface area contributed by atoms with Gasteiger partial charge in [-0.3, -0.25) is 4.99 Å². The zero-order valence-electron chi connectivity index (χ0n) is 16.3. The highest BCUT2D eigenvalue weighted by Crippen LogP contribution is 2.47. The number of aromatic nitrogens is 1. The molecule has 5 nitrogen and oxygen atoms in total. The first-order chi connectivity index (χ1) is 14.8. The number of allylic oxidation sites excluding steroid dienone is 1. The van der Waals surface area contributed by atoms with Crippen molar-refractivity contribution in [1.29, 1.82) is 0 Å². The van der Waals surface area contributed by atoms with Gasteiger partial charge in [0.1, 0.15) is 0 Å². The van der Waals surface area contributed by atoms with E-state index >= 15 is 0 Å². The molecule has 1 N–H and O–H groups in total. The molecule has 30 heavy (non-hydrogen) atoms. The Morgan fingerprint density at radius 3 is 2.83 bits per heavy atom. The number of para-hydroxylation sites is 2. The minimum absolute atomic E-state index is 0.193. The monoisotopic (exact) mass is 394 g/mol. The summed E-state index contributed by atoms with van der Waals surface area (Å²) in [6.07, 6.45) is 4.00. The highest BCUT2D eigenvalue weighted by atomic mass is 16.7. The van der Waals surface area contributed by atoms with Crippen molar-refractivity contribution in [3.63, 3.8) is 0 Å². The van der Waals surface area contributed by atoms with Gasteiger partial charge < -0.3 is 19.2 Å². The van der Waals surface area contributed by atoms with Gasteiger partial charge in [0.25, 0.3) is 0 Å². The van der Waals surface area contributed by atoms with Gasteiger partial charge in [-0.15, -0.1) is 0 Å². The second kappa shape index (κ2) is 6.52. The van der Waals surface area contributed by atoms with E-state index in [1.807, 2.05) is 42.6 Å². The molecule has 2 aliphatic rings. The van der Waals surface area contributed by atoms with E-state index in [-0.39, 0.29) is 6.79 Å². The Bertz CT molecular complexity index is 1360. The number of rotatable bonds is 3. The molecule has 3 heterocycles. The fraction of sp³-hybridized carbons (Fsp3) is 0.0800. The number of benzene rings is 3. The molecule has 146 valence electrons. The quantitative estimate of drug-likeness (QED) is 0.493. The van der Waals surface area contributed by atoms with E-state index < -0.39 is 0 Å². The summed E-state index contributed by atoms with van der Waals surface area (Å²) in [5, 5.41) is 1.15. The summed E-state index contributed by atoms with van der Waals surface area (Å²) in [6, 6.07) is 20.5. The molecule has 0 atom stereocenters. The minimum atomic E-state index is 0.193. The Balaban J connectivity index is 1.68. The van der Waals surface area contributed by atoms with Crippen LogP contribution >= 0.6 is 0 Å². The number of nitrogens with zero attached hydrogens (tertiary/aromatic N) is 1. The molecule has 2 aliphatic heterocycles. The molecule has 6 rings (SSSR count). The van der Waals surface area contributed by atoms with Crippen molar-refractivity contribution < 1.29 is 14.2 Å². The molecule has 0 unspecified atom stereocenters. The average Bonchev–Trinajstić information content (AvgIpc) is 3.53. The molecule has 0 saturated heterocycles. The van der Waals surface area contributed by atoms with Crippen LogP contribution in [0.3, 0.4) is 0 Å². The topological polar surface area (TPSA) is 55.8 Å². The van der Waals surface area contributed by atoms with Crippen LogP contribution in [0, 0.1) is 0 Å². The van der Waals surface area contributed by atoms with Crippen LogP contribution in [0.2, 0.25) is 0 Å². The van der Waals surface area contributed by atoms with Crippen molar-refractivity contribution in [3.05, 3.63) is 83.6 Å². The lowest BCUT2D eigenvalue weighted by atomic mass is 9.89. The van der Waals surface area contributed by atoms with E-state index in [2.05, 4.69) is 40.4 Å². The van der Waals surface area contributed by atoms with Crippen LogP contribution in [-0.4, -0.2) is 25.1 Å². The summed E-state index contributed by atoms with van der Waals surface area (Å²) in [5.41, 5.74) is 7.38. The maximum Gasteiger partial charge on any atom is 0.231 e. The first-order valence-corrected chi connectivity index (χ1v) is 9.76. The zero-order valence-corrected chi connectivity index (χ0v) is 16.3. The van der Waals surface area contributed by atoms with Gasteiger partial charge in [-0.25, -0.2) is 0 Å². The number of fused-ring (bicyclic) bond motifs is 3. The molecule has 5 heteroatoms. The van der Waals surface area contributed by atoms with E-state index in [0.717, 1.165) is 44.4 Å². The van der Waals surface area contributed by atoms with Crippen molar-refractivity contribution in [2.45, 2.75) is 0 Å². The maximum atomic E-state index is 5.70. The first-order valence-electron chi connectivity index (χ1n) is 9.76. The molecule has 0 bridgehead atoms. The standard InChI is InChI=1S/C25H18N2O3/c1-28-22-10-15(11-23-25(22)30-14-29-23)24(18-12-26-20-8-4-2-6-16(18)20)19-13-27-21-9-5-3-7-17(19)21/h2-13,26H,14H2,1H3. The summed E-state index contributed by atoms with van der Waals surface area (Å²) in [7, 11) is 1.64. The number of hydrogen-bond acceptors (Lipinski definition) is 4. The van der Waals surface area contributed by atoms with Crippen LogP contribution in [-0.2, 0) is 0 Å². The van der Waals surface area contributed by atoms with Crippen molar-refractivity contribution in [1.82, 2.24) is 4.98 Å². The number of methoxy groups -OCH3 is 1. The fourth-order valence-corrected chi connectivity index (χ4v) is 4.23. The van der Waals surface area contributed by atoms with Gasteiger partial charge in [0.15, 0.2) is 11.5 Å². The van der Waals surface area contributed by atoms with Gasteiger partial charge in [-0.2, -0.15) is 0 Å². The number of H-pyrrole nitrogens is 1. The Morgan fingerprint density at radius 2 is 1.90 bits per heavy atom. The highest BCUT2D eigenvalue weighted by molar-refractivity contribution is 6.27. The normalized spacial score (nSPS) is 15.5. The van der Waals surface area contributed by atoms with Gasteiger partial charge in [-0.05, 0) is 29.8 Å².